The number of carboxylic acids is 1. The number of ether oxygens (including phenoxy) is 1. The fourth-order valence-electron chi connectivity index (χ4n) is 1.55. The molecule has 0 radical (unpaired) electrons. The standard InChI is InChI=1S/C14H17FO3/c1-3-12(4-2)18-13-7-6-11(15)9-10(13)5-8-14(16)17/h5-9,12H,3-4H2,1-2H3,(H,16,17)/b8-5+. The van der Waals surface area contributed by atoms with Crippen molar-refractivity contribution in [2.45, 2.75) is 32.8 Å². The van der Waals surface area contributed by atoms with Crippen molar-refractivity contribution in [3.8, 4) is 5.75 Å². The summed E-state index contributed by atoms with van der Waals surface area (Å²) in [6.45, 7) is 4.01. The van der Waals surface area contributed by atoms with Crippen LogP contribution in [0.5, 0.6) is 5.75 Å². The van der Waals surface area contributed by atoms with Crippen LogP contribution < -0.4 is 4.74 Å². The van der Waals surface area contributed by atoms with Gasteiger partial charge in [0.25, 0.3) is 0 Å². The lowest BCUT2D eigenvalue weighted by atomic mass is 10.1. The first-order chi connectivity index (χ1) is 8.56. The fourth-order valence-corrected chi connectivity index (χ4v) is 1.55. The van der Waals surface area contributed by atoms with Gasteiger partial charge in [-0.25, -0.2) is 9.18 Å². The number of aliphatic carboxylic acids is 1. The summed E-state index contributed by atoms with van der Waals surface area (Å²) < 4.78 is 18.9. The largest absolute Gasteiger partial charge is 0.490 e. The topological polar surface area (TPSA) is 46.5 Å². The Bertz CT molecular complexity index is 437. The smallest absolute Gasteiger partial charge is 0.328 e. The molecule has 1 N–H and O–H groups in total. The third-order valence-corrected chi connectivity index (χ3v) is 2.58. The molecule has 0 amide bonds. The van der Waals surface area contributed by atoms with Crippen LogP contribution in [0.3, 0.4) is 0 Å². The second kappa shape index (κ2) is 6.79. The highest BCUT2D eigenvalue weighted by molar-refractivity contribution is 5.85. The normalized spacial score (nSPS) is 11.1. The van der Waals surface area contributed by atoms with Gasteiger partial charge >= 0.3 is 5.97 Å². The van der Waals surface area contributed by atoms with Gasteiger partial charge in [0.2, 0.25) is 0 Å². The molecule has 0 fully saturated rings. The Hall–Kier alpha value is -1.84. The molecule has 0 aliphatic heterocycles. The fraction of sp³-hybridized carbons (Fsp3) is 0.357. The van der Waals surface area contributed by atoms with E-state index in [-0.39, 0.29) is 6.10 Å². The van der Waals surface area contributed by atoms with Crippen LogP contribution in [0, 0.1) is 5.82 Å². The van der Waals surface area contributed by atoms with Gasteiger partial charge in [0.15, 0.2) is 0 Å². The first kappa shape index (κ1) is 14.2. The molecule has 1 aromatic carbocycles. The minimum Gasteiger partial charge on any atom is -0.490 e. The predicted molar refractivity (Wildman–Crippen MR) is 68.1 cm³/mol. The van der Waals surface area contributed by atoms with Crippen molar-refractivity contribution in [1.82, 2.24) is 0 Å². The van der Waals surface area contributed by atoms with Gasteiger partial charge in [0.05, 0.1) is 6.10 Å². The van der Waals surface area contributed by atoms with E-state index in [9.17, 15) is 9.18 Å². The van der Waals surface area contributed by atoms with Crippen molar-refractivity contribution in [2.24, 2.45) is 0 Å². The lowest BCUT2D eigenvalue weighted by Crippen LogP contribution is -2.14. The van der Waals surface area contributed by atoms with Crippen molar-refractivity contribution < 1.29 is 19.0 Å². The highest BCUT2D eigenvalue weighted by Gasteiger charge is 2.09. The Labute approximate surface area is 106 Å². The molecule has 0 aromatic heterocycles. The van der Waals surface area contributed by atoms with Gasteiger partial charge < -0.3 is 9.84 Å². The van der Waals surface area contributed by atoms with Crippen molar-refractivity contribution in [1.29, 1.82) is 0 Å². The third-order valence-electron chi connectivity index (χ3n) is 2.58. The van der Waals surface area contributed by atoms with E-state index >= 15 is 0 Å². The van der Waals surface area contributed by atoms with E-state index in [1.165, 1.54) is 24.3 Å². The molecule has 0 unspecified atom stereocenters. The van der Waals surface area contributed by atoms with Crippen LogP contribution in [0.25, 0.3) is 6.08 Å². The molecule has 18 heavy (non-hydrogen) atoms. The van der Waals surface area contributed by atoms with Crippen molar-refractivity contribution in [2.75, 3.05) is 0 Å². The van der Waals surface area contributed by atoms with Crippen LogP contribution >= 0.6 is 0 Å². The number of carboxylic acid groups (broad SMARTS) is 1. The van der Waals surface area contributed by atoms with Crippen molar-refractivity contribution in [3.63, 3.8) is 0 Å². The van der Waals surface area contributed by atoms with E-state index in [0.717, 1.165) is 18.9 Å². The molecule has 0 aliphatic carbocycles. The summed E-state index contributed by atoms with van der Waals surface area (Å²) in [6.07, 6.45) is 4.04. The molecule has 0 saturated carbocycles. The molecule has 4 heteroatoms. The van der Waals surface area contributed by atoms with Crippen LogP contribution in [0.4, 0.5) is 4.39 Å². The lowest BCUT2D eigenvalue weighted by molar-refractivity contribution is -0.131. The second-order valence-electron chi connectivity index (χ2n) is 3.91. The van der Waals surface area contributed by atoms with E-state index in [1.807, 2.05) is 13.8 Å². The van der Waals surface area contributed by atoms with E-state index in [4.69, 9.17) is 9.84 Å². The SMILES string of the molecule is CCC(CC)Oc1ccc(F)cc1/C=C/C(=O)O. The van der Waals surface area contributed by atoms with Gasteiger partial charge in [-0.3, -0.25) is 0 Å². The molecular weight excluding hydrogens is 235 g/mol. The molecule has 0 saturated heterocycles. The Balaban J connectivity index is 2.99. The van der Waals surface area contributed by atoms with E-state index < -0.39 is 11.8 Å². The number of rotatable bonds is 6. The Kier molecular flexibility index (Phi) is 5.36. The summed E-state index contributed by atoms with van der Waals surface area (Å²) in [5.41, 5.74) is 0.435. The summed E-state index contributed by atoms with van der Waals surface area (Å²) in [5, 5.41) is 8.59. The number of carbonyl (C=O) groups is 1. The van der Waals surface area contributed by atoms with Crippen LogP contribution in [0.1, 0.15) is 32.3 Å². The molecule has 1 aromatic rings. The minimum absolute atomic E-state index is 0.0486. The number of halogens is 1. The predicted octanol–water partition coefficient (Wildman–Crippen LogP) is 3.49. The summed E-state index contributed by atoms with van der Waals surface area (Å²) in [6, 6.07) is 4.09. The Morgan fingerprint density at radius 3 is 2.67 bits per heavy atom. The second-order valence-corrected chi connectivity index (χ2v) is 3.91. The zero-order valence-corrected chi connectivity index (χ0v) is 10.5. The maximum Gasteiger partial charge on any atom is 0.328 e. The third kappa shape index (κ3) is 4.20. The van der Waals surface area contributed by atoms with Gasteiger partial charge in [0.1, 0.15) is 11.6 Å². The van der Waals surface area contributed by atoms with Gasteiger partial charge in [0, 0.05) is 11.6 Å². The van der Waals surface area contributed by atoms with E-state index in [1.54, 1.807) is 0 Å². The van der Waals surface area contributed by atoms with E-state index in [0.29, 0.717) is 11.3 Å². The molecule has 0 spiro atoms. The number of benzene rings is 1. The molecule has 0 aliphatic rings. The number of hydrogen-bond acceptors (Lipinski definition) is 2. The maximum absolute atomic E-state index is 13.1. The van der Waals surface area contributed by atoms with Crippen LogP contribution in [0.15, 0.2) is 24.3 Å². The quantitative estimate of drug-likeness (QED) is 0.788. The lowest BCUT2D eigenvalue weighted by Gasteiger charge is -2.17. The Morgan fingerprint density at radius 1 is 1.44 bits per heavy atom. The first-order valence-corrected chi connectivity index (χ1v) is 5.94. The summed E-state index contributed by atoms with van der Waals surface area (Å²) in [4.78, 5) is 10.5. The molecule has 0 heterocycles. The van der Waals surface area contributed by atoms with Crippen LogP contribution in [0.2, 0.25) is 0 Å². The molecular formula is C14H17FO3. The molecule has 1 rings (SSSR count). The van der Waals surface area contributed by atoms with Gasteiger partial charge in [-0.05, 0) is 37.1 Å². The van der Waals surface area contributed by atoms with Gasteiger partial charge in [-0.2, -0.15) is 0 Å². The first-order valence-electron chi connectivity index (χ1n) is 5.94. The monoisotopic (exact) mass is 252 g/mol. The van der Waals surface area contributed by atoms with Gasteiger partial charge in [-0.1, -0.05) is 13.8 Å². The van der Waals surface area contributed by atoms with Gasteiger partial charge in [-0.15, -0.1) is 0 Å². The molecule has 98 valence electrons. The minimum atomic E-state index is -1.08. The van der Waals surface area contributed by atoms with Crippen molar-refractivity contribution in [3.05, 3.63) is 35.7 Å². The zero-order chi connectivity index (χ0) is 13.5. The zero-order valence-electron chi connectivity index (χ0n) is 10.5. The van der Waals surface area contributed by atoms with Crippen LogP contribution in [-0.2, 0) is 4.79 Å². The Morgan fingerprint density at radius 2 is 2.11 bits per heavy atom. The molecule has 0 bridgehead atoms. The molecule has 0 atom stereocenters. The maximum atomic E-state index is 13.1. The summed E-state index contributed by atoms with van der Waals surface area (Å²) >= 11 is 0. The average Bonchev–Trinajstić information content (AvgIpc) is 2.35. The van der Waals surface area contributed by atoms with Crippen molar-refractivity contribution >= 4 is 12.0 Å². The average molecular weight is 252 g/mol. The summed E-state index contributed by atoms with van der Waals surface area (Å²) in [5.74, 6) is -0.993. The summed E-state index contributed by atoms with van der Waals surface area (Å²) in [7, 11) is 0. The highest BCUT2D eigenvalue weighted by Crippen LogP contribution is 2.23. The van der Waals surface area contributed by atoms with Crippen LogP contribution in [-0.4, -0.2) is 17.2 Å². The highest BCUT2D eigenvalue weighted by atomic mass is 19.1. The van der Waals surface area contributed by atoms with E-state index in [2.05, 4.69) is 0 Å². The number of hydrogen-bond donors (Lipinski definition) is 1. The molecule has 3 nitrogen and oxygen atoms in total.